The molecule has 14 heavy (non-hydrogen) atoms. The zero-order valence-electron chi connectivity index (χ0n) is 8.70. The minimum absolute atomic E-state index is 0.436. The first-order valence-electron chi connectivity index (χ1n) is 5.18. The van der Waals surface area contributed by atoms with Crippen LogP contribution in [0.4, 0.5) is 0 Å². The number of aromatic nitrogens is 1. The highest BCUT2D eigenvalue weighted by Crippen LogP contribution is 2.24. The fourth-order valence-corrected chi connectivity index (χ4v) is 1.83. The molecule has 0 aliphatic carbocycles. The van der Waals surface area contributed by atoms with Crippen LogP contribution >= 0.6 is 0 Å². The molecule has 1 aromatic heterocycles. The molecule has 1 fully saturated rings. The van der Waals surface area contributed by atoms with Crippen LogP contribution in [0.15, 0.2) is 24.5 Å². The zero-order chi connectivity index (χ0) is 9.97. The van der Waals surface area contributed by atoms with Crippen LogP contribution in [0.3, 0.4) is 0 Å². The minimum Gasteiger partial charge on any atom is -0.265 e. The lowest BCUT2D eigenvalue weighted by Crippen LogP contribution is -2.33. The van der Waals surface area contributed by atoms with Gasteiger partial charge in [-0.1, -0.05) is 13.8 Å². The van der Waals surface area contributed by atoms with E-state index in [0.29, 0.717) is 18.0 Å². The monoisotopic (exact) mass is 191 g/mol. The molecule has 0 amide bonds. The summed E-state index contributed by atoms with van der Waals surface area (Å²) in [5.41, 5.74) is 7.98. The number of hydrazine groups is 1. The van der Waals surface area contributed by atoms with Gasteiger partial charge >= 0.3 is 0 Å². The molecule has 0 bridgehead atoms. The van der Waals surface area contributed by atoms with E-state index in [-0.39, 0.29) is 0 Å². The van der Waals surface area contributed by atoms with Gasteiger partial charge in [0.25, 0.3) is 0 Å². The summed E-state index contributed by atoms with van der Waals surface area (Å²) >= 11 is 0. The normalized spacial score (nSPS) is 27.1. The lowest BCUT2D eigenvalue weighted by molar-refractivity contribution is 0.431. The Labute approximate surface area is 84.9 Å². The van der Waals surface area contributed by atoms with Gasteiger partial charge in [0, 0.05) is 24.5 Å². The minimum atomic E-state index is 0.436. The molecule has 76 valence electrons. The largest absolute Gasteiger partial charge is 0.265 e. The van der Waals surface area contributed by atoms with E-state index >= 15 is 0 Å². The van der Waals surface area contributed by atoms with Gasteiger partial charge in [-0.15, -0.1) is 0 Å². The van der Waals surface area contributed by atoms with Gasteiger partial charge in [-0.2, -0.15) is 0 Å². The van der Waals surface area contributed by atoms with Gasteiger partial charge in [-0.25, -0.2) is 0 Å². The molecule has 2 rings (SSSR count). The molecular formula is C11H17N3. The standard InChI is InChI=1S/C11H17N3/c1-8(2)10-7-11(14-13-10)9-3-5-12-6-4-9/h3-6,8,10-11,13-14H,7H2,1-2H3. The van der Waals surface area contributed by atoms with Crippen molar-refractivity contribution in [1.82, 2.24) is 15.8 Å². The molecule has 0 spiro atoms. The van der Waals surface area contributed by atoms with Gasteiger partial charge < -0.3 is 0 Å². The Morgan fingerprint density at radius 3 is 2.57 bits per heavy atom. The Kier molecular flexibility index (Phi) is 2.79. The number of rotatable bonds is 2. The van der Waals surface area contributed by atoms with Gasteiger partial charge in [0.15, 0.2) is 0 Å². The molecule has 1 aromatic rings. The van der Waals surface area contributed by atoms with E-state index in [1.165, 1.54) is 5.56 Å². The Balaban J connectivity index is 2.03. The first-order chi connectivity index (χ1) is 6.77. The molecule has 3 heteroatoms. The van der Waals surface area contributed by atoms with Crippen LogP contribution in [0.25, 0.3) is 0 Å². The third-order valence-electron chi connectivity index (χ3n) is 2.85. The van der Waals surface area contributed by atoms with Gasteiger partial charge in [0.05, 0.1) is 0 Å². The van der Waals surface area contributed by atoms with E-state index in [0.717, 1.165) is 6.42 Å². The molecule has 2 heterocycles. The van der Waals surface area contributed by atoms with E-state index in [9.17, 15) is 0 Å². The lowest BCUT2D eigenvalue weighted by atomic mass is 9.96. The van der Waals surface area contributed by atoms with Crippen molar-refractivity contribution >= 4 is 0 Å². The van der Waals surface area contributed by atoms with E-state index in [1.807, 2.05) is 12.4 Å². The van der Waals surface area contributed by atoms with Gasteiger partial charge in [-0.05, 0) is 30.0 Å². The second kappa shape index (κ2) is 4.07. The maximum Gasteiger partial charge on any atom is 0.0479 e. The molecule has 0 aromatic carbocycles. The number of hydrogen-bond acceptors (Lipinski definition) is 3. The van der Waals surface area contributed by atoms with Crippen molar-refractivity contribution in [3.8, 4) is 0 Å². The summed E-state index contributed by atoms with van der Waals surface area (Å²) < 4.78 is 0. The molecule has 0 radical (unpaired) electrons. The number of hydrogen-bond donors (Lipinski definition) is 2. The lowest BCUT2D eigenvalue weighted by Gasteiger charge is -2.12. The maximum absolute atomic E-state index is 4.02. The number of nitrogens with zero attached hydrogens (tertiary/aromatic N) is 1. The zero-order valence-corrected chi connectivity index (χ0v) is 8.70. The van der Waals surface area contributed by atoms with E-state index in [4.69, 9.17) is 0 Å². The van der Waals surface area contributed by atoms with Crippen LogP contribution in [0.1, 0.15) is 31.9 Å². The quantitative estimate of drug-likeness (QED) is 0.746. The molecular weight excluding hydrogens is 174 g/mol. The fourth-order valence-electron chi connectivity index (χ4n) is 1.83. The van der Waals surface area contributed by atoms with Crippen LogP contribution in [0.5, 0.6) is 0 Å². The fraction of sp³-hybridized carbons (Fsp3) is 0.545. The molecule has 2 atom stereocenters. The third kappa shape index (κ3) is 1.94. The number of nitrogens with one attached hydrogen (secondary N) is 2. The van der Waals surface area contributed by atoms with Crippen molar-refractivity contribution in [3.63, 3.8) is 0 Å². The third-order valence-corrected chi connectivity index (χ3v) is 2.85. The summed E-state index contributed by atoms with van der Waals surface area (Å²) in [6.45, 7) is 4.49. The van der Waals surface area contributed by atoms with E-state index < -0.39 is 0 Å². The van der Waals surface area contributed by atoms with Crippen molar-refractivity contribution in [3.05, 3.63) is 30.1 Å². The second-order valence-corrected chi connectivity index (χ2v) is 4.21. The summed E-state index contributed by atoms with van der Waals surface area (Å²) in [5.74, 6) is 0.675. The van der Waals surface area contributed by atoms with Gasteiger partial charge in [-0.3, -0.25) is 15.8 Å². The topological polar surface area (TPSA) is 37.0 Å². The summed E-state index contributed by atoms with van der Waals surface area (Å²) in [6, 6.07) is 5.16. The van der Waals surface area contributed by atoms with Crippen LogP contribution in [-0.4, -0.2) is 11.0 Å². The smallest absolute Gasteiger partial charge is 0.0479 e. The van der Waals surface area contributed by atoms with E-state index in [1.54, 1.807) is 0 Å². The molecule has 0 saturated carbocycles. The van der Waals surface area contributed by atoms with Gasteiger partial charge in [0.1, 0.15) is 0 Å². The van der Waals surface area contributed by atoms with Crippen LogP contribution in [-0.2, 0) is 0 Å². The predicted molar refractivity (Wildman–Crippen MR) is 56.5 cm³/mol. The molecule has 3 nitrogen and oxygen atoms in total. The maximum atomic E-state index is 4.02. The molecule has 1 aliphatic heterocycles. The van der Waals surface area contributed by atoms with E-state index in [2.05, 4.69) is 41.8 Å². The van der Waals surface area contributed by atoms with Crippen molar-refractivity contribution in [2.24, 2.45) is 5.92 Å². The summed E-state index contributed by atoms with van der Waals surface area (Å²) in [5, 5.41) is 0. The van der Waals surface area contributed by atoms with Crippen molar-refractivity contribution in [2.45, 2.75) is 32.4 Å². The molecule has 2 N–H and O–H groups in total. The Bertz CT molecular complexity index is 284. The Morgan fingerprint density at radius 2 is 2.00 bits per heavy atom. The summed E-state index contributed by atoms with van der Waals surface area (Å²) in [4.78, 5) is 4.02. The van der Waals surface area contributed by atoms with Gasteiger partial charge in [0.2, 0.25) is 0 Å². The summed E-state index contributed by atoms with van der Waals surface area (Å²) in [7, 11) is 0. The number of pyridine rings is 1. The summed E-state index contributed by atoms with van der Waals surface area (Å²) in [6.07, 6.45) is 4.85. The average Bonchev–Trinajstić information content (AvgIpc) is 2.68. The highest BCUT2D eigenvalue weighted by molar-refractivity contribution is 5.16. The Morgan fingerprint density at radius 1 is 1.29 bits per heavy atom. The van der Waals surface area contributed by atoms with Crippen LogP contribution < -0.4 is 10.9 Å². The second-order valence-electron chi connectivity index (χ2n) is 4.21. The predicted octanol–water partition coefficient (Wildman–Crippen LogP) is 1.65. The van der Waals surface area contributed by atoms with Crippen molar-refractivity contribution < 1.29 is 0 Å². The SMILES string of the molecule is CC(C)C1CC(c2ccncc2)NN1. The van der Waals surface area contributed by atoms with Crippen molar-refractivity contribution in [1.29, 1.82) is 0 Å². The van der Waals surface area contributed by atoms with Crippen molar-refractivity contribution in [2.75, 3.05) is 0 Å². The van der Waals surface area contributed by atoms with Crippen LogP contribution in [0.2, 0.25) is 0 Å². The highest BCUT2D eigenvalue weighted by atomic mass is 15.4. The molecule has 1 saturated heterocycles. The average molecular weight is 191 g/mol. The highest BCUT2D eigenvalue weighted by Gasteiger charge is 2.26. The molecule has 2 unspecified atom stereocenters. The Hall–Kier alpha value is -0.930. The van der Waals surface area contributed by atoms with Crippen LogP contribution in [0, 0.1) is 5.92 Å². The first-order valence-corrected chi connectivity index (χ1v) is 5.18. The molecule has 1 aliphatic rings. The first kappa shape index (κ1) is 9.62.